The Morgan fingerprint density at radius 2 is 1.74 bits per heavy atom. The van der Waals surface area contributed by atoms with Gasteiger partial charge in [0.15, 0.2) is 0 Å². The highest BCUT2D eigenvalue weighted by Gasteiger charge is 2.31. The first kappa shape index (κ1) is 16.4. The molecule has 1 aromatic rings. The Balaban J connectivity index is 1.43. The van der Waals surface area contributed by atoms with Crippen LogP contribution >= 0.6 is 0 Å². The molecule has 0 aliphatic carbocycles. The van der Waals surface area contributed by atoms with E-state index in [0.717, 1.165) is 39.0 Å². The van der Waals surface area contributed by atoms with E-state index in [4.69, 9.17) is 4.74 Å². The van der Waals surface area contributed by atoms with E-state index >= 15 is 0 Å². The summed E-state index contributed by atoms with van der Waals surface area (Å²) in [4.78, 5) is 16.9. The molecule has 7 nitrogen and oxygen atoms in total. The number of ether oxygens (including phenoxy) is 1. The van der Waals surface area contributed by atoms with Crippen molar-refractivity contribution >= 4 is 5.91 Å². The fourth-order valence-electron chi connectivity index (χ4n) is 3.72. The minimum absolute atomic E-state index is 0.237. The molecule has 0 radical (unpaired) electrons. The quantitative estimate of drug-likeness (QED) is 0.819. The van der Waals surface area contributed by atoms with Gasteiger partial charge in [0.25, 0.3) is 0 Å². The van der Waals surface area contributed by atoms with Gasteiger partial charge >= 0.3 is 0 Å². The van der Waals surface area contributed by atoms with Crippen molar-refractivity contribution in [1.29, 1.82) is 0 Å². The highest BCUT2D eigenvalue weighted by molar-refractivity contribution is 5.76. The molecule has 0 N–H and O–H groups in total. The number of piperidine rings is 1. The van der Waals surface area contributed by atoms with Crippen molar-refractivity contribution in [2.24, 2.45) is 0 Å². The first-order valence-corrected chi connectivity index (χ1v) is 8.61. The molecule has 0 bridgehead atoms. The molecule has 2 fully saturated rings. The fraction of sp³-hybridized carbons (Fsp3) is 0.812. The third kappa shape index (κ3) is 4.29. The third-order valence-corrected chi connectivity index (χ3v) is 4.83. The van der Waals surface area contributed by atoms with E-state index in [1.165, 1.54) is 0 Å². The lowest BCUT2D eigenvalue weighted by atomic mass is 10.0. The van der Waals surface area contributed by atoms with E-state index in [2.05, 4.69) is 28.9 Å². The number of carbonyl (C=O) groups excluding carboxylic acids is 1. The van der Waals surface area contributed by atoms with E-state index < -0.39 is 0 Å². The molecule has 2 aliphatic rings. The number of nitrogens with zero attached hydrogens (tertiary/aromatic N) is 5. The maximum Gasteiger partial charge on any atom is 0.224 e. The van der Waals surface area contributed by atoms with Gasteiger partial charge in [0.05, 0.1) is 12.2 Å². The summed E-state index contributed by atoms with van der Waals surface area (Å²) in [5.41, 5.74) is 0. The van der Waals surface area contributed by atoms with Crippen molar-refractivity contribution in [3.8, 4) is 0 Å². The summed E-state index contributed by atoms with van der Waals surface area (Å²) in [6, 6.07) is 0.589. The predicted octanol–water partition coefficient (Wildman–Crippen LogP) is 0.768. The zero-order valence-corrected chi connectivity index (χ0v) is 14.1. The van der Waals surface area contributed by atoms with Gasteiger partial charge in [-0.05, 0) is 26.7 Å². The number of morpholine rings is 1. The van der Waals surface area contributed by atoms with Gasteiger partial charge in [-0.25, -0.2) is 0 Å². The molecule has 0 unspecified atom stereocenters. The SMILES string of the molecule is C[C@@H]1CN(C2CCN(C(=O)CCn3cnnc3)CC2)C[C@H](C)O1. The van der Waals surface area contributed by atoms with E-state index in [-0.39, 0.29) is 5.91 Å². The first-order chi connectivity index (χ1) is 11.1. The number of amides is 1. The van der Waals surface area contributed by atoms with Crippen LogP contribution in [0.2, 0.25) is 0 Å². The number of aryl methyl sites for hydroxylation is 1. The van der Waals surface area contributed by atoms with Crippen molar-refractivity contribution in [2.45, 2.75) is 57.9 Å². The molecule has 1 aromatic heterocycles. The largest absolute Gasteiger partial charge is 0.373 e. The van der Waals surface area contributed by atoms with Gasteiger partial charge < -0.3 is 14.2 Å². The molecule has 2 atom stereocenters. The second kappa shape index (κ2) is 7.40. The van der Waals surface area contributed by atoms with E-state index in [9.17, 15) is 4.79 Å². The van der Waals surface area contributed by atoms with Crippen LogP contribution in [-0.4, -0.2) is 74.9 Å². The molecule has 0 spiro atoms. The summed E-state index contributed by atoms with van der Waals surface area (Å²) in [7, 11) is 0. The summed E-state index contributed by atoms with van der Waals surface area (Å²) in [5.74, 6) is 0.237. The number of rotatable bonds is 4. The first-order valence-electron chi connectivity index (χ1n) is 8.61. The molecule has 128 valence electrons. The van der Waals surface area contributed by atoms with Crippen LogP contribution in [0.4, 0.5) is 0 Å². The average molecular weight is 321 g/mol. The van der Waals surface area contributed by atoms with Gasteiger partial charge in [0, 0.05) is 45.2 Å². The molecule has 0 saturated carbocycles. The predicted molar refractivity (Wildman–Crippen MR) is 85.8 cm³/mol. The molecule has 3 heterocycles. The Kier molecular flexibility index (Phi) is 5.27. The van der Waals surface area contributed by atoms with Crippen LogP contribution in [0.25, 0.3) is 0 Å². The Morgan fingerprint density at radius 1 is 1.13 bits per heavy atom. The lowest BCUT2D eigenvalue weighted by molar-refractivity contribution is -0.134. The molecule has 1 amide bonds. The van der Waals surface area contributed by atoms with Crippen LogP contribution in [0.1, 0.15) is 33.1 Å². The van der Waals surface area contributed by atoms with Crippen molar-refractivity contribution in [3.63, 3.8) is 0 Å². The number of aromatic nitrogens is 3. The highest BCUT2D eigenvalue weighted by atomic mass is 16.5. The summed E-state index contributed by atoms with van der Waals surface area (Å²) in [5, 5.41) is 7.52. The fourth-order valence-corrected chi connectivity index (χ4v) is 3.72. The molecular weight excluding hydrogens is 294 g/mol. The summed E-state index contributed by atoms with van der Waals surface area (Å²) >= 11 is 0. The van der Waals surface area contributed by atoms with Crippen molar-refractivity contribution in [3.05, 3.63) is 12.7 Å². The number of hydrogen-bond acceptors (Lipinski definition) is 5. The molecule has 2 saturated heterocycles. The molecule has 7 heteroatoms. The van der Waals surface area contributed by atoms with Crippen LogP contribution < -0.4 is 0 Å². The molecule has 0 aromatic carbocycles. The van der Waals surface area contributed by atoms with Crippen LogP contribution in [0, 0.1) is 0 Å². The molecular formula is C16H27N5O2. The van der Waals surface area contributed by atoms with E-state index in [1.54, 1.807) is 12.7 Å². The van der Waals surface area contributed by atoms with Crippen LogP contribution in [-0.2, 0) is 16.1 Å². The van der Waals surface area contributed by atoms with Crippen LogP contribution in [0.15, 0.2) is 12.7 Å². The Bertz CT molecular complexity index is 489. The third-order valence-electron chi connectivity index (χ3n) is 4.83. The highest BCUT2D eigenvalue weighted by Crippen LogP contribution is 2.21. The number of carbonyl (C=O) groups is 1. The maximum absolute atomic E-state index is 12.3. The molecule has 3 rings (SSSR count). The monoisotopic (exact) mass is 321 g/mol. The molecule has 2 aliphatic heterocycles. The maximum atomic E-state index is 12.3. The second-order valence-electron chi connectivity index (χ2n) is 6.77. The zero-order chi connectivity index (χ0) is 16.2. The summed E-state index contributed by atoms with van der Waals surface area (Å²) < 4.78 is 7.66. The Morgan fingerprint density at radius 3 is 2.35 bits per heavy atom. The average Bonchev–Trinajstić information content (AvgIpc) is 3.05. The standard InChI is InChI=1S/C16H27N5O2/c1-13-9-21(10-14(2)23-13)15-3-7-20(8-4-15)16(22)5-6-19-11-17-18-12-19/h11-15H,3-10H2,1-2H3/t13-,14+. The Labute approximate surface area is 137 Å². The number of likely N-dealkylation sites (tertiary alicyclic amines) is 1. The van der Waals surface area contributed by atoms with Gasteiger partial charge in [0.2, 0.25) is 5.91 Å². The lowest BCUT2D eigenvalue weighted by Crippen LogP contribution is -2.53. The minimum Gasteiger partial charge on any atom is -0.373 e. The van der Waals surface area contributed by atoms with Gasteiger partial charge in [0.1, 0.15) is 12.7 Å². The lowest BCUT2D eigenvalue weighted by Gasteiger charge is -2.43. The topological polar surface area (TPSA) is 63.5 Å². The Hall–Kier alpha value is -1.47. The normalized spacial score (nSPS) is 27.3. The van der Waals surface area contributed by atoms with E-state index in [1.807, 2.05) is 9.47 Å². The van der Waals surface area contributed by atoms with Crippen molar-refractivity contribution in [1.82, 2.24) is 24.6 Å². The van der Waals surface area contributed by atoms with Crippen molar-refractivity contribution < 1.29 is 9.53 Å². The zero-order valence-electron chi connectivity index (χ0n) is 14.1. The van der Waals surface area contributed by atoms with Gasteiger partial charge in [-0.1, -0.05) is 0 Å². The summed E-state index contributed by atoms with van der Waals surface area (Å²) in [6.45, 7) is 8.70. The minimum atomic E-state index is 0.237. The van der Waals surface area contributed by atoms with E-state index in [0.29, 0.717) is 31.2 Å². The summed E-state index contributed by atoms with van der Waals surface area (Å²) in [6.07, 6.45) is 6.58. The van der Waals surface area contributed by atoms with Gasteiger partial charge in [-0.3, -0.25) is 9.69 Å². The van der Waals surface area contributed by atoms with Gasteiger partial charge in [-0.2, -0.15) is 0 Å². The van der Waals surface area contributed by atoms with Crippen LogP contribution in [0.5, 0.6) is 0 Å². The van der Waals surface area contributed by atoms with Crippen molar-refractivity contribution in [2.75, 3.05) is 26.2 Å². The smallest absolute Gasteiger partial charge is 0.224 e. The number of hydrogen-bond donors (Lipinski definition) is 0. The molecule has 23 heavy (non-hydrogen) atoms. The van der Waals surface area contributed by atoms with Gasteiger partial charge in [-0.15, -0.1) is 10.2 Å². The second-order valence-corrected chi connectivity index (χ2v) is 6.77. The van der Waals surface area contributed by atoms with Crippen LogP contribution in [0.3, 0.4) is 0 Å².